The number of likely N-dealkylation sites (tertiary alicyclic amines) is 1. The lowest BCUT2D eigenvalue weighted by atomic mass is 10.1. The third kappa shape index (κ3) is 3.35. The number of aliphatic carboxylic acids is 1. The zero-order valence-electron chi connectivity index (χ0n) is 11.4. The van der Waals surface area contributed by atoms with Gasteiger partial charge in [0, 0.05) is 24.3 Å². The fourth-order valence-corrected chi connectivity index (χ4v) is 2.05. The maximum atomic E-state index is 11.8. The molecule has 0 saturated carbocycles. The molecule has 1 aliphatic heterocycles. The van der Waals surface area contributed by atoms with Crippen LogP contribution in [0, 0.1) is 10.1 Å². The molecule has 114 valence electrons. The van der Waals surface area contributed by atoms with Gasteiger partial charge in [0.15, 0.2) is 0 Å². The van der Waals surface area contributed by atoms with E-state index in [4.69, 9.17) is 5.11 Å². The first-order valence-electron chi connectivity index (χ1n) is 6.39. The van der Waals surface area contributed by atoms with Gasteiger partial charge in [0.2, 0.25) is 5.78 Å². The van der Waals surface area contributed by atoms with E-state index in [1.165, 1.54) is 35.2 Å². The van der Waals surface area contributed by atoms with Crippen molar-refractivity contribution in [2.45, 2.75) is 6.42 Å². The lowest BCUT2D eigenvalue weighted by Crippen LogP contribution is -2.29. The van der Waals surface area contributed by atoms with Crippen LogP contribution in [0.15, 0.2) is 29.8 Å². The molecule has 0 atom stereocenters. The van der Waals surface area contributed by atoms with Gasteiger partial charge in [0.1, 0.15) is 0 Å². The van der Waals surface area contributed by atoms with E-state index in [1.807, 2.05) is 0 Å². The summed E-state index contributed by atoms with van der Waals surface area (Å²) in [4.78, 5) is 45.3. The first-order valence-corrected chi connectivity index (χ1v) is 6.39. The molecule has 1 amide bonds. The molecule has 0 bridgehead atoms. The summed E-state index contributed by atoms with van der Waals surface area (Å²) in [5.41, 5.74) is 0.727. The Hall–Kier alpha value is -3.03. The summed E-state index contributed by atoms with van der Waals surface area (Å²) < 4.78 is 0. The molecule has 0 spiro atoms. The molecular weight excluding hydrogens is 292 g/mol. The Morgan fingerprint density at radius 1 is 1.32 bits per heavy atom. The van der Waals surface area contributed by atoms with Crippen molar-refractivity contribution < 1.29 is 24.4 Å². The topological polar surface area (TPSA) is 118 Å². The van der Waals surface area contributed by atoms with Crippen molar-refractivity contribution in [3.63, 3.8) is 0 Å². The van der Waals surface area contributed by atoms with Crippen molar-refractivity contribution in [1.82, 2.24) is 4.90 Å². The van der Waals surface area contributed by atoms with Crippen molar-refractivity contribution in [3.8, 4) is 0 Å². The number of carboxylic acid groups (broad SMARTS) is 1. The van der Waals surface area contributed by atoms with Crippen LogP contribution < -0.4 is 0 Å². The molecule has 0 unspecified atom stereocenters. The molecule has 1 fully saturated rings. The van der Waals surface area contributed by atoms with Crippen LogP contribution in [0.2, 0.25) is 0 Å². The minimum atomic E-state index is -1.05. The number of nitrogens with zero attached hydrogens (tertiary/aromatic N) is 2. The minimum absolute atomic E-state index is 0.0302. The standard InChI is InChI=1S/C14H12N2O6/c17-12(18)5-6-15-8-10(13(19)14(15)20)7-9-1-3-11(4-2-9)16(21)22/h1-4,7H,5-6,8H2,(H,17,18)/b10-7+. The Morgan fingerprint density at radius 3 is 2.50 bits per heavy atom. The fraction of sp³-hybridized carbons (Fsp3) is 0.214. The molecule has 1 aromatic rings. The fourth-order valence-electron chi connectivity index (χ4n) is 2.05. The van der Waals surface area contributed by atoms with Crippen LogP contribution in [0.1, 0.15) is 12.0 Å². The van der Waals surface area contributed by atoms with E-state index in [-0.39, 0.29) is 30.8 Å². The van der Waals surface area contributed by atoms with E-state index < -0.39 is 22.6 Å². The number of carboxylic acids is 1. The third-order valence-electron chi connectivity index (χ3n) is 3.17. The van der Waals surface area contributed by atoms with Gasteiger partial charge in [-0.25, -0.2) is 0 Å². The SMILES string of the molecule is O=C(O)CCN1C/C(=C\c2ccc([N+](=O)[O-])cc2)C(=O)C1=O. The number of rotatable bonds is 5. The summed E-state index contributed by atoms with van der Waals surface area (Å²) in [6.07, 6.45) is 1.24. The largest absolute Gasteiger partial charge is 0.481 e. The molecule has 8 nitrogen and oxygen atoms in total. The number of carbonyl (C=O) groups is 3. The number of amides is 1. The summed E-state index contributed by atoms with van der Waals surface area (Å²) in [7, 11) is 0. The second-order valence-corrected chi connectivity index (χ2v) is 4.72. The second-order valence-electron chi connectivity index (χ2n) is 4.72. The van der Waals surface area contributed by atoms with Crippen molar-refractivity contribution in [3.05, 3.63) is 45.5 Å². The normalized spacial score (nSPS) is 16.4. The van der Waals surface area contributed by atoms with E-state index in [9.17, 15) is 24.5 Å². The lowest BCUT2D eigenvalue weighted by Gasteiger charge is -2.11. The van der Waals surface area contributed by atoms with Crippen molar-refractivity contribution in [2.24, 2.45) is 0 Å². The summed E-state index contributed by atoms with van der Waals surface area (Å²) in [6.45, 7) is 0.0133. The number of hydrogen-bond donors (Lipinski definition) is 1. The van der Waals surface area contributed by atoms with Gasteiger partial charge in [-0.2, -0.15) is 0 Å². The number of non-ortho nitro benzene ring substituents is 1. The average Bonchev–Trinajstić information content (AvgIpc) is 2.74. The predicted molar refractivity (Wildman–Crippen MR) is 74.9 cm³/mol. The highest BCUT2D eigenvalue weighted by atomic mass is 16.6. The Balaban J connectivity index is 2.14. The molecule has 1 aromatic carbocycles. The molecule has 0 aliphatic carbocycles. The van der Waals surface area contributed by atoms with E-state index >= 15 is 0 Å². The smallest absolute Gasteiger partial charge is 0.305 e. The molecule has 1 saturated heterocycles. The molecule has 2 rings (SSSR count). The van der Waals surface area contributed by atoms with Gasteiger partial charge in [-0.3, -0.25) is 24.5 Å². The van der Waals surface area contributed by atoms with Crippen LogP contribution in [0.25, 0.3) is 6.08 Å². The summed E-state index contributed by atoms with van der Waals surface area (Å²) in [5, 5.41) is 19.2. The van der Waals surface area contributed by atoms with Gasteiger partial charge in [-0.15, -0.1) is 0 Å². The molecule has 1 heterocycles. The number of nitro benzene ring substituents is 1. The quantitative estimate of drug-likeness (QED) is 0.373. The van der Waals surface area contributed by atoms with Gasteiger partial charge in [0.25, 0.3) is 11.6 Å². The minimum Gasteiger partial charge on any atom is -0.481 e. The number of ketones is 1. The third-order valence-corrected chi connectivity index (χ3v) is 3.17. The summed E-state index contributed by atoms with van der Waals surface area (Å²) in [5.74, 6) is -2.45. The Kier molecular flexibility index (Phi) is 4.31. The van der Waals surface area contributed by atoms with Gasteiger partial charge in [0.05, 0.1) is 17.9 Å². The van der Waals surface area contributed by atoms with E-state index in [0.29, 0.717) is 5.56 Å². The van der Waals surface area contributed by atoms with Crippen LogP contribution in [0.3, 0.4) is 0 Å². The first-order chi connectivity index (χ1) is 10.4. The Bertz CT molecular complexity index is 677. The molecule has 1 aliphatic rings. The summed E-state index contributed by atoms with van der Waals surface area (Å²) >= 11 is 0. The zero-order chi connectivity index (χ0) is 16.3. The number of Topliss-reactive ketones (excluding diaryl/α,β-unsaturated/α-hetero) is 1. The van der Waals surface area contributed by atoms with E-state index in [2.05, 4.69) is 0 Å². The predicted octanol–water partition coefficient (Wildman–Crippen LogP) is 0.864. The van der Waals surface area contributed by atoms with Gasteiger partial charge in [-0.05, 0) is 23.8 Å². The molecule has 8 heteroatoms. The van der Waals surface area contributed by atoms with Crippen LogP contribution in [0.5, 0.6) is 0 Å². The molecular formula is C14H12N2O6. The molecule has 22 heavy (non-hydrogen) atoms. The number of nitro groups is 1. The first kappa shape index (κ1) is 15.4. The van der Waals surface area contributed by atoms with Gasteiger partial charge < -0.3 is 10.0 Å². The van der Waals surface area contributed by atoms with Crippen LogP contribution >= 0.6 is 0 Å². The monoisotopic (exact) mass is 304 g/mol. The Morgan fingerprint density at radius 2 is 1.95 bits per heavy atom. The molecule has 0 aromatic heterocycles. The molecule has 1 N–H and O–H groups in total. The van der Waals surface area contributed by atoms with Gasteiger partial charge in [-0.1, -0.05) is 0 Å². The summed E-state index contributed by atoms with van der Waals surface area (Å²) in [6, 6.07) is 5.55. The second kappa shape index (κ2) is 6.17. The van der Waals surface area contributed by atoms with Crippen LogP contribution in [-0.2, 0) is 14.4 Å². The lowest BCUT2D eigenvalue weighted by molar-refractivity contribution is -0.384. The van der Waals surface area contributed by atoms with Crippen molar-refractivity contribution >= 4 is 29.4 Å². The Labute approximate surface area is 124 Å². The van der Waals surface area contributed by atoms with Crippen LogP contribution in [0.4, 0.5) is 5.69 Å². The highest BCUT2D eigenvalue weighted by Crippen LogP contribution is 2.19. The maximum Gasteiger partial charge on any atom is 0.305 e. The van der Waals surface area contributed by atoms with Crippen LogP contribution in [-0.4, -0.2) is 45.7 Å². The maximum absolute atomic E-state index is 11.8. The molecule has 0 radical (unpaired) electrons. The number of benzene rings is 1. The van der Waals surface area contributed by atoms with Gasteiger partial charge >= 0.3 is 5.97 Å². The van der Waals surface area contributed by atoms with E-state index in [0.717, 1.165) is 0 Å². The average molecular weight is 304 g/mol. The highest BCUT2D eigenvalue weighted by molar-refractivity contribution is 6.46. The van der Waals surface area contributed by atoms with Crippen molar-refractivity contribution in [2.75, 3.05) is 13.1 Å². The van der Waals surface area contributed by atoms with Crippen molar-refractivity contribution in [1.29, 1.82) is 0 Å². The van der Waals surface area contributed by atoms with E-state index in [1.54, 1.807) is 0 Å². The number of hydrogen-bond acceptors (Lipinski definition) is 5. The number of carbonyl (C=O) groups excluding carboxylic acids is 2. The highest BCUT2D eigenvalue weighted by Gasteiger charge is 2.33. The zero-order valence-corrected chi connectivity index (χ0v) is 11.4.